The molecule has 0 unspecified atom stereocenters. The highest BCUT2D eigenvalue weighted by Gasteiger charge is 2.33. The highest BCUT2D eigenvalue weighted by Crippen LogP contribution is 2.40. The summed E-state index contributed by atoms with van der Waals surface area (Å²) in [6, 6.07) is 23.0. The minimum atomic E-state index is -4.47. The van der Waals surface area contributed by atoms with Crippen LogP contribution in [0.1, 0.15) is 5.56 Å². The summed E-state index contributed by atoms with van der Waals surface area (Å²) in [5, 5.41) is 3.71. The summed E-state index contributed by atoms with van der Waals surface area (Å²) >= 11 is 0. The largest absolute Gasteiger partial charge is 0.418 e. The molecule has 4 rings (SSSR count). The minimum absolute atomic E-state index is 0.0666. The summed E-state index contributed by atoms with van der Waals surface area (Å²) in [6.45, 7) is 0. The van der Waals surface area contributed by atoms with E-state index in [1.54, 1.807) is 6.07 Å². The molecule has 1 aromatic heterocycles. The number of nitrogens with zero attached hydrogens (tertiary/aromatic N) is 1. The normalized spacial score (nSPS) is 11.5. The third kappa shape index (κ3) is 3.36. The van der Waals surface area contributed by atoms with Crippen molar-refractivity contribution in [2.75, 3.05) is 5.32 Å². The number of para-hydroxylation sites is 2. The molecule has 0 aliphatic carbocycles. The Morgan fingerprint density at radius 2 is 1.41 bits per heavy atom. The first kappa shape index (κ1) is 17.1. The number of fused-ring (bicyclic) bond motifs is 1. The first-order chi connectivity index (χ1) is 13.0. The lowest BCUT2D eigenvalue weighted by atomic mass is 10.00. The maximum absolute atomic E-state index is 13.4. The molecule has 0 atom stereocenters. The molecule has 27 heavy (non-hydrogen) atoms. The van der Waals surface area contributed by atoms with Gasteiger partial charge < -0.3 is 5.32 Å². The molecule has 0 saturated carbocycles. The Balaban J connectivity index is 1.99. The van der Waals surface area contributed by atoms with Crippen LogP contribution in [0.5, 0.6) is 0 Å². The summed E-state index contributed by atoms with van der Waals surface area (Å²) < 4.78 is 40.3. The molecule has 4 aromatic rings. The zero-order valence-electron chi connectivity index (χ0n) is 14.2. The predicted octanol–water partition coefficient (Wildman–Crippen LogP) is 6.66. The number of alkyl halides is 3. The lowest BCUT2D eigenvalue weighted by Gasteiger charge is -2.17. The Kier molecular flexibility index (Phi) is 4.28. The van der Waals surface area contributed by atoms with Gasteiger partial charge in [-0.1, -0.05) is 60.7 Å². The Morgan fingerprint density at radius 3 is 2.07 bits per heavy atom. The molecule has 3 aromatic carbocycles. The van der Waals surface area contributed by atoms with Crippen molar-refractivity contribution in [1.29, 1.82) is 0 Å². The molecule has 5 heteroatoms. The van der Waals surface area contributed by atoms with Crippen LogP contribution in [0.4, 0.5) is 24.5 Å². The number of rotatable bonds is 3. The average Bonchev–Trinajstić information content (AvgIpc) is 2.68. The topological polar surface area (TPSA) is 24.9 Å². The van der Waals surface area contributed by atoms with Gasteiger partial charge in [-0.05, 0) is 23.8 Å². The van der Waals surface area contributed by atoms with Gasteiger partial charge in [0.15, 0.2) is 0 Å². The average molecular weight is 364 g/mol. The summed E-state index contributed by atoms with van der Waals surface area (Å²) in [4.78, 5) is 4.17. The Labute approximate surface area is 154 Å². The lowest BCUT2D eigenvalue weighted by molar-refractivity contribution is -0.136. The Hall–Kier alpha value is -3.34. The molecular formula is C22H15F3N2. The fourth-order valence-corrected chi connectivity index (χ4v) is 3.09. The number of benzene rings is 3. The maximum atomic E-state index is 13.4. The van der Waals surface area contributed by atoms with Gasteiger partial charge in [0.05, 0.1) is 16.8 Å². The molecule has 0 saturated heterocycles. The van der Waals surface area contributed by atoms with Crippen molar-refractivity contribution < 1.29 is 13.2 Å². The van der Waals surface area contributed by atoms with Gasteiger partial charge in [-0.2, -0.15) is 13.2 Å². The number of hydrogen-bond donors (Lipinski definition) is 1. The van der Waals surface area contributed by atoms with Crippen molar-refractivity contribution >= 4 is 22.3 Å². The van der Waals surface area contributed by atoms with Crippen molar-refractivity contribution in [2.45, 2.75) is 6.18 Å². The van der Waals surface area contributed by atoms with E-state index in [2.05, 4.69) is 10.3 Å². The van der Waals surface area contributed by atoms with E-state index >= 15 is 0 Å². The first-order valence-corrected chi connectivity index (χ1v) is 8.40. The third-order valence-corrected chi connectivity index (χ3v) is 4.33. The van der Waals surface area contributed by atoms with E-state index in [-0.39, 0.29) is 5.52 Å². The van der Waals surface area contributed by atoms with Crippen LogP contribution in [0.3, 0.4) is 0 Å². The molecule has 134 valence electrons. The molecule has 0 bridgehead atoms. The molecular weight excluding hydrogens is 349 g/mol. The SMILES string of the molecule is FC(F)(F)c1cccc2c(Nc3ccccc3)c(-c3ccccc3)cnc12. The molecule has 1 heterocycles. The summed E-state index contributed by atoms with van der Waals surface area (Å²) in [5.41, 5.74) is 2.20. The van der Waals surface area contributed by atoms with E-state index in [0.717, 1.165) is 22.9 Å². The predicted molar refractivity (Wildman–Crippen MR) is 102 cm³/mol. The maximum Gasteiger partial charge on any atom is 0.418 e. The number of hydrogen-bond acceptors (Lipinski definition) is 2. The smallest absolute Gasteiger partial charge is 0.354 e. The van der Waals surface area contributed by atoms with E-state index in [0.29, 0.717) is 11.1 Å². The highest BCUT2D eigenvalue weighted by atomic mass is 19.4. The van der Waals surface area contributed by atoms with E-state index in [1.165, 1.54) is 12.3 Å². The molecule has 0 spiro atoms. The molecule has 1 N–H and O–H groups in total. The second kappa shape index (κ2) is 6.76. The van der Waals surface area contributed by atoms with Gasteiger partial charge in [-0.25, -0.2) is 0 Å². The van der Waals surface area contributed by atoms with Gasteiger partial charge in [-0.15, -0.1) is 0 Å². The fraction of sp³-hybridized carbons (Fsp3) is 0.0455. The van der Waals surface area contributed by atoms with Gasteiger partial charge in [-0.3, -0.25) is 4.98 Å². The van der Waals surface area contributed by atoms with E-state index < -0.39 is 11.7 Å². The zero-order valence-corrected chi connectivity index (χ0v) is 14.2. The number of nitrogens with one attached hydrogen (secondary N) is 1. The molecule has 0 radical (unpaired) electrons. The van der Waals surface area contributed by atoms with Crippen LogP contribution >= 0.6 is 0 Å². The second-order valence-corrected chi connectivity index (χ2v) is 6.10. The Bertz CT molecular complexity index is 1080. The van der Waals surface area contributed by atoms with Crippen LogP contribution < -0.4 is 5.32 Å². The number of halogens is 3. The molecule has 0 amide bonds. The van der Waals surface area contributed by atoms with Gasteiger partial charge in [0.2, 0.25) is 0 Å². The second-order valence-electron chi connectivity index (χ2n) is 6.10. The van der Waals surface area contributed by atoms with Gasteiger partial charge >= 0.3 is 6.18 Å². The van der Waals surface area contributed by atoms with Crippen LogP contribution in [0.15, 0.2) is 85.1 Å². The lowest BCUT2D eigenvalue weighted by Crippen LogP contribution is -2.07. The van der Waals surface area contributed by atoms with Crippen LogP contribution in [0, 0.1) is 0 Å². The van der Waals surface area contributed by atoms with E-state index in [9.17, 15) is 13.2 Å². The number of anilines is 2. The summed E-state index contributed by atoms with van der Waals surface area (Å²) in [5.74, 6) is 0. The van der Waals surface area contributed by atoms with Gasteiger partial charge in [0, 0.05) is 22.8 Å². The summed E-state index contributed by atoms with van der Waals surface area (Å²) in [6.07, 6.45) is -2.97. The van der Waals surface area contributed by atoms with Crippen molar-refractivity contribution in [1.82, 2.24) is 4.98 Å². The van der Waals surface area contributed by atoms with Crippen molar-refractivity contribution in [3.63, 3.8) is 0 Å². The zero-order chi connectivity index (χ0) is 18.9. The first-order valence-electron chi connectivity index (χ1n) is 8.40. The van der Waals surface area contributed by atoms with Crippen molar-refractivity contribution in [2.24, 2.45) is 0 Å². The van der Waals surface area contributed by atoms with Crippen LogP contribution in [-0.4, -0.2) is 4.98 Å². The fourth-order valence-electron chi connectivity index (χ4n) is 3.09. The highest BCUT2D eigenvalue weighted by molar-refractivity contribution is 6.02. The van der Waals surface area contributed by atoms with Gasteiger partial charge in [0.25, 0.3) is 0 Å². The van der Waals surface area contributed by atoms with Crippen LogP contribution in [0.2, 0.25) is 0 Å². The molecule has 0 fully saturated rings. The quantitative estimate of drug-likeness (QED) is 0.439. The third-order valence-electron chi connectivity index (χ3n) is 4.33. The number of pyridine rings is 1. The molecule has 2 nitrogen and oxygen atoms in total. The van der Waals surface area contributed by atoms with Crippen molar-refractivity contribution in [3.8, 4) is 11.1 Å². The van der Waals surface area contributed by atoms with Crippen LogP contribution in [-0.2, 0) is 6.18 Å². The molecule has 0 aliphatic rings. The van der Waals surface area contributed by atoms with E-state index in [4.69, 9.17) is 0 Å². The Morgan fingerprint density at radius 1 is 0.741 bits per heavy atom. The van der Waals surface area contributed by atoms with E-state index in [1.807, 2.05) is 60.7 Å². The monoisotopic (exact) mass is 364 g/mol. The van der Waals surface area contributed by atoms with Crippen molar-refractivity contribution in [3.05, 3.63) is 90.6 Å². The minimum Gasteiger partial charge on any atom is -0.354 e. The number of aromatic nitrogens is 1. The summed E-state index contributed by atoms with van der Waals surface area (Å²) in [7, 11) is 0. The standard InChI is InChI=1S/C22H15F3N2/c23-22(24,25)19-13-7-12-17-20(27-16-10-5-2-6-11-16)18(14-26-21(17)19)15-8-3-1-4-9-15/h1-14H,(H,26,27). The molecule has 0 aliphatic heterocycles. The van der Waals surface area contributed by atoms with Crippen LogP contribution in [0.25, 0.3) is 22.0 Å². The van der Waals surface area contributed by atoms with Gasteiger partial charge in [0.1, 0.15) is 0 Å².